The standard InChI is InChI=1S/C17H18F3N3OS/c1-11(15(24)23-9-5-2-6-10-23)25-14-12-7-3-4-8-13(12)21-16(22-14)17(18,19)20/h3-4,7-8,11H,2,5-6,9-10H2,1H3/t11-/m0/s1. The van der Waals surface area contributed by atoms with E-state index in [0.29, 0.717) is 18.5 Å². The van der Waals surface area contributed by atoms with Gasteiger partial charge in [0.2, 0.25) is 11.7 Å². The molecule has 1 amide bonds. The molecule has 0 saturated carbocycles. The normalized spacial score (nSPS) is 16.9. The van der Waals surface area contributed by atoms with Crippen LogP contribution in [-0.4, -0.2) is 39.1 Å². The van der Waals surface area contributed by atoms with Crippen LogP contribution in [0.5, 0.6) is 0 Å². The summed E-state index contributed by atoms with van der Waals surface area (Å²) >= 11 is 1.06. The number of carbonyl (C=O) groups is 1. The number of benzene rings is 1. The maximum absolute atomic E-state index is 13.1. The largest absolute Gasteiger partial charge is 0.451 e. The first-order chi connectivity index (χ1) is 11.9. The van der Waals surface area contributed by atoms with Gasteiger partial charge in [0.15, 0.2) is 0 Å². The van der Waals surface area contributed by atoms with Gasteiger partial charge in [-0.3, -0.25) is 4.79 Å². The molecule has 1 aliphatic heterocycles. The Labute approximate surface area is 147 Å². The van der Waals surface area contributed by atoms with Gasteiger partial charge in [0.1, 0.15) is 5.03 Å². The fraction of sp³-hybridized carbons (Fsp3) is 0.471. The number of hydrogen-bond acceptors (Lipinski definition) is 4. The van der Waals surface area contributed by atoms with E-state index in [2.05, 4.69) is 9.97 Å². The third-order valence-electron chi connectivity index (χ3n) is 4.13. The highest BCUT2D eigenvalue weighted by Gasteiger charge is 2.36. The molecule has 0 spiro atoms. The number of carbonyl (C=O) groups excluding carboxylic acids is 1. The molecular weight excluding hydrogens is 351 g/mol. The summed E-state index contributed by atoms with van der Waals surface area (Å²) in [4.78, 5) is 21.6. The first kappa shape index (κ1) is 18.0. The number of likely N-dealkylation sites (tertiary alicyclic amines) is 1. The highest BCUT2D eigenvalue weighted by atomic mass is 32.2. The van der Waals surface area contributed by atoms with Crippen LogP contribution < -0.4 is 0 Å². The Bertz CT molecular complexity index is 775. The molecule has 1 atom stereocenters. The number of fused-ring (bicyclic) bond motifs is 1. The van der Waals surface area contributed by atoms with Crippen molar-refractivity contribution in [2.45, 2.75) is 42.6 Å². The maximum Gasteiger partial charge on any atom is 0.451 e. The zero-order valence-corrected chi connectivity index (χ0v) is 14.5. The van der Waals surface area contributed by atoms with Crippen molar-refractivity contribution >= 4 is 28.6 Å². The third kappa shape index (κ3) is 4.05. The lowest BCUT2D eigenvalue weighted by Crippen LogP contribution is -2.40. The van der Waals surface area contributed by atoms with Crippen LogP contribution in [0.25, 0.3) is 10.9 Å². The maximum atomic E-state index is 13.1. The summed E-state index contributed by atoms with van der Waals surface area (Å²) in [6.07, 6.45) is -1.58. The van der Waals surface area contributed by atoms with Crippen LogP contribution >= 0.6 is 11.8 Å². The van der Waals surface area contributed by atoms with Gasteiger partial charge < -0.3 is 4.90 Å². The second kappa shape index (κ2) is 7.19. The van der Waals surface area contributed by atoms with Crippen LogP contribution in [0, 0.1) is 0 Å². The lowest BCUT2D eigenvalue weighted by molar-refractivity contribution is -0.145. The van der Waals surface area contributed by atoms with Crippen LogP contribution in [-0.2, 0) is 11.0 Å². The number of alkyl halides is 3. The molecule has 0 bridgehead atoms. The van der Waals surface area contributed by atoms with Crippen LogP contribution in [0.1, 0.15) is 32.0 Å². The quantitative estimate of drug-likeness (QED) is 0.603. The number of hydrogen-bond donors (Lipinski definition) is 0. The highest BCUT2D eigenvalue weighted by Crippen LogP contribution is 2.34. The fourth-order valence-corrected chi connectivity index (χ4v) is 3.88. The number of halogens is 3. The third-order valence-corrected chi connectivity index (χ3v) is 5.22. The van der Waals surface area contributed by atoms with Crippen LogP contribution in [0.15, 0.2) is 29.3 Å². The summed E-state index contributed by atoms with van der Waals surface area (Å²) in [6, 6.07) is 6.55. The molecule has 3 rings (SSSR count). The number of para-hydroxylation sites is 1. The predicted molar refractivity (Wildman–Crippen MR) is 90.3 cm³/mol. The monoisotopic (exact) mass is 369 g/mol. The van der Waals surface area contributed by atoms with Gasteiger partial charge in [-0.05, 0) is 32.3 Å². The Morgan fingerprint density at radius 1 is 1.16 bits per heavy atom. The van der Waals surface area contributed by atoms with E-state index in [9.17, 15) is 18.0 Å². The average molecular weight is 369 g/mol. The average Bonchev–Trinajstić information content (AvgIpc) is 2.61. The van der Waals surface area contributed by atoms with Crippen molar-refractivity contribution in [3.63, 3.8) is 0 Å². The minimum absolute atomic E-state index is 0.0547. The molecule has 2 heterocycles. The molecule has 1 aliphatic rings. The van der Waals surface area contributed by atoms with Gasteiger partial charge in [-0.2, -0.15) is 13.2 Å². The molecule has 1 fully saturated rings. The van der Waals surface area contributed by atoms with Crippen LogP contribution in [0.4, 0.5) is 13.2 Å². The number of amides is 1. The van der Waals surface area contributed by atoms with Crippen molar-refractivity contribution in [1.82, 2.24) is 14.9 Å². The van der Waals surface area contributed by atoms with Gasteiger partial charge in [-0.1, -0.05) is 30.0 Å². The molecule has 1 aromatic carbocycles. The lowest BCUT2D eigenvalue weighted by Gasteiger charge is -2.29. The molecule has 4 nitrogen and oxygen atoms in total. The highest BCUT2D eigenvalue weighted by molar-refractivity contribution is 8.00. The van der Waals surface area contributed by atoms with E-state index in [1.807, 2.05) is 0 Å². The Morgan fingerprint density at radius 3 is 2.52 bits per heavy atom. The van der Waals surface area contributed by atoms with Crippen molar-refractivity contribution in [3.8, 4) is 0 Å². The molecule has 0 aliphatic carbocycles. The van der Waals surface area contributed by atoms with Crippen LogP contribution in [0.2, 0.25) is 0 Å². The Balaban J connectivity index is 1.90. The molecule has 0 unspecified atom stereocenters. The molecule has 8 heteroatoms. The van der Waals surface area contributed by atoms with E-state index in [4.69, 9.17) is 0 Å². The Morgan fingerprint density at radius 2 is 1.84 bits per heavy atom. The first-order valence-electron chi connectivity index (χ1n) is 8.15. The summed E-state index contributed by atoms with van der Waals surface area (Å²) in [7, 11) is 0. The summed E-state index contributed by atoms with van der Waals surface area (Å²) in [5, 5.41) is 0.215. The van der Waals surface area contributed by atoms with Gasteiger partial charge in [0, 0.05) is 18.5 Å². The summed E-state index contributed by atoms with van der Waals surface area (Å²) in [5.41, 5.74) is 0.227. The van der Waals surface area contributed by atoms with Crippen molar-refractivity contribution in [2.24, 2.45) is 0 Å². The topological polar surface area (TPSA) is 46.1 Å². The van der Waals surface area contributed by atoms with E-state index in [-0.39, 0.29) is 16.4 Å². The summed E-state index contributed by atoms with van der Waals surface area (Å²) in [5.74, 6) is -1.23. The van der Waals surface area contributed by atoms with Gasteiger partial charge in [-0.25, -0.2) is 9.97 Å². The fourth-order valence-electron chi connectivity index (χ4n) is 2.85. The number of rotatable bonds is 3. The lowest BCUT2D eigenvalue weighted by atomic mass is 10.1. The summed E-state index contributed by atoms with van der Waals surface area (Å²) < 4.78 is 39.2. The second-order valence-corrected chi connectivity index (χ2v) is 7.34. The smallest absolute Gasteiger partial charge is 0.342 e. The van der Waals surface area contributed by atoms with Crippen molar-refractivity contribution in [1.29, 1.82) is 0 Å². The van der Waals surface area contributed by atoms with Crippen molar-refractivity contribution in [2.75, 3.05) is 13.1 Å². The molecule has 134 valence electrons. The Kier molecular flexibility index (Phi) is 5.17. The minimum atomic E-state index is -4.63. The van der Waals surface area contributed by atoms with Gasteiger partial charge in [0.05, 0.1) is 10.8 Å². The number of nitrogens with zero attached hydrogens (tertiary/aromatic N) is 3. The molecule has 1 saturated heterocycles. The zero-order chi connectivity index (χ0) is 18.0. The SMILES string of the molecule is C[C@H](Sc1nc(C(F)(F)F)nc2ccccc12)C(=O)N1CCCCC1. The second-order valence-electron chi connectivity index (χ2n) is 6.01. The number of piperidine rings is 1. The van der Waals surface area contributed by atoms with E-state index in [1.54, 1.807) is 30.0 Å². The van der Waals surface area contributed by atoms with Crippen LogP contribution in [0.3, 0.4) is 0 Å². The van der Waals surface area contributed by atoms with E-state index in [1.165, 1.54) is 6.07 Å². The minimum Gasteiger partial charge on any atom is -0.342 e. The molecule has 1 aromatic heterocycles. The number of aromatic nitrogens is 2. The van der Waals surface area contributed by atoms with Gasteiger partial charge in [0.25, 0.3) is 0 Å². The molecule has 0 radical (unpaired) electrons. The zero-order valence-electron chi connectivity index (χ0n) is 13.7. The summed E-state index contributed by atoms with van der Waals surface area (Å²) in [6.45, 7) is 3.13. The van der Waals surface area contributed by atoms with Crippen molar-refractivity contribution < 1.29 is 18.0 Å². The van der Waals surface area contributed by atoms with E-state index >= 15 is 0 Å². The molecular formula is C17H18F3N3OS. The molecule has 2 aromatic rings. The van der Waals surface area contributed by atoms with E-state index < -0.39 is 17.3 Å². The molecule has 25 heavy (non-hydrogen) atoms. The van der Waals surface area contributed by atoms with E-state index in [0.717, 1.165) is 31.0 Å². The first-order valence-corrected chi connectivity index (χ1v) is 9.03. The number of thioether (sulfide) groups is 1. The van der Waals surface area contributed by atoms with Crippen molar-refractivity contribution in [3.05, 3.63) is 30.1 Å². The predicted octanol–water partition coefficient (Wildman–Crippen LogP) is 4.14. The molecule has 0 N–H and O–H groups in total. The Hall–Kier alpha value is -1.83. The van der Waals surface area contributed by atoms with Gasteiger partial charge in [-0.15, -0.1) is 0 Å². The van der Waals surface area contributed by atoms with Gasteiger partial charge >= 0.3 is 6.18 Å².